The molecule has 3 aromatic carbocycles. The number of rotatable bonds is 8. The van der Waals surface area contributed by atoms with Crippen molar-refractivity contribution < 1.29 is 19.5 Å². The number of ketones is 1. The molecule has 4 rings (SSSR count). The SMILES string of the molecule is O=C(O)CNC(Cc1ccccc1)C(=O)N1C/C(=C\c2ccc(Cl)c(Cl)c2)C(=O)/C(=C/c2ccc(Cl)c(Cl)c2)C1. The highest BCUT2D eigenvalue weighted by Gasteiger charge is 2.33. The number of benzene rings is 3. The van der Waals surface area contributed by atoms with Gasteiger partial charge >= 0.3 is 5.97 Å². The average molecular weight is 618 g/mol. The second kappa shape index (κ2) is 13.5. The Bertz CT molecular complexity index is 1430. The Morgan fingerprint density at radius 2 is 1.35 bits per heavy atom. The van der Waals surface area contributed by atoms with Gasteiger partial charge in [0.2, 0.25) is 5.91 Å². The van der Waals surface area contributed by atoms with Gasteiger partial charge in [-0.2, -0.15) is 0 Å². The molecule has 0 aromatic heterocycles. The molecule has 1 fully saturated rings. The first-order chi connectivity index (χ1) is 19.1. The number of amides is 1. The van der Waals surface area contributed by atoms with E-state index in [1.807, 2.05) is 30.3 Å². The van der Waals surface area contributed by atoms with Crippen molar-refractivity contribution in [2.45, 2.75) is 12.5 Å². The lowest BCUT2D eigenvalue weighted by atomic mass is 9.93. The van der Waals surface area contributed by atoms with Crippen LogP contribution in [-0.4, -0.2) is 53.3 Å². The number of aliphatic carboxylic acids is 1. The van der Waals surface area contributed by atoms with Gasteiger partial charge in [0.25, 0.3) is 0 Å². The molecule has 1 unspecified atom stereocenters. The Morgan fingerprint density at radius 1 is 0.825 bits per heavy atom. The van der Waals surface area contributed by atoms with E-state index in [0.29, 0.717) is 42.4 Å². The predicted molar refractivity (Wildman–Crippen MR) is 160 cm³/mol. The van der Waals surface area contributed by atoms with Crippen molar-refractivity contribution in [1.29, 1.82) is 0 Å². The summed E-state index contributed by atoms with van der Waals surface area (Å²) in [6, 6.07) is 18.5. The van der Waals surface area contributed by atoms with E-state index < -0.39 is 18.6 Å². The van der Waals surface area contributed by atoms with Gasteiger partial charge in [-0.15, -0.1) is 0 Å². The van der Waals surface area contributed by atoms with Crippen LogP contribution in [0.25, 0.3) is 12.2 Å². The first-order valence-electron chi connectivity index (χ1n) is 12.2. The molecule has 1 amide bonds. The number of halogens is 4. The molecular formula is C30H24Cl4N2O4. The van der Waals surface area contributed by atoms with Crippen LogP contribution in [-0.2, 0) is 20.8 Å². The third-order valence-electron chi connectivity index (χ3n) is 6.27. The molecule has 1 saturated heterocycles. The molecule has 1 heterocycles. The Kier molecular flexibility index (Phi) is 10.1. The molecular weight excluding hydrogens is 594 g/mol. The Morgan fingerprint density at radius 3 is 1.82 bits per heavy atom. The summed E-state index contributed by atoms with van der Waals surface area (Å²) in [5.74, 6) is -1.66. The fourth-order valence-corrected chi connectivity index (χ4v) is 4.94. The van der Waals surface area contributed by atoms with Crippen molar-refractivity contribution in [1.82, 2.24) is 10.2 Å². The first kappa shape index (κ1) is 29.8. The second-order valence-corrected chi connectivity index (χ2v) is 10.9. The van der Waals surface area contributed by atoms with E-state index in [4.69, 9.17) is 46.4 Å². The van der Waals surface area contributed by atoms with Crippen LogP contribution in [0.2, 0.25) is 20.1 Å². The van der Waals surface area contributed by atoms with E-state index in [-0.39, 0.29) is 31.2 Å². The molecule has 0 bridgehead atoms. The highest BCUT2D eigenvalue weighted by atomic mass is 35.5. The van der Waals surface area contributed by atoms with E-state index in [9.17, 15) is 19.5 Å². The number of carboxylic acid groups (broad SMARTS) is 1. The Balaban J connectivity index is 1.72. The van der Waals surface area contributed by atoms with E-state index in [1.165, 1.54) is 4.90 Å². The van der Waals surface area contributed by atoms with E-state index in [2.05, 4.69) is 5.32 Å². The third-order valence-corrected chi connectivity index (χ3v) is 7.74. The molecule has 1 aliphatic heterocycles. The van der Waals surface area contributed by atoms with Crippen molar-refractivity contribution in [3.63, 3.8) is 0 Å². The van der Waals surface area contributed by atoms with Crippen LogP contribution >= 0.6 is 46.4 Å². The summed E-state index contributed by atoms with van der Waals surface area (Å²) >= 11 is 24.5. The summed E-state index contributed by atoms with van der Waals surface area (Å²) in [5.41, 5.74) is 2.88. The average Bonchev–Trinajstić information content (AvgIpc) is 2.93. The van der Waals surface area contributed by atoms with Crippen molar-refractivity contribution in [3.05, 3.63) is 115 Å². The number of carbonyl (C=O) groups is 3. The van der Waals surface area contributed by atoms with Crippen molar-refractivity contribution >= 4 is 76.2 Å². The molecule has 2 N–H and O–H groups in total. The molecule has 3 aromatic rings. The quantitative estimate of drug-likeness (QED) is 0.283. The van der Waals surface area contributed by atoms with Crippen molar-refractivity contribution in [2.24, 2.45) is 0 Å². The third kappa shape index (κ3) is 7.74. The van der Waals surface area contributed by atoms with Gasteiger partial charge in [0.15, 0.2) is 5.78 Å². The molecule has 1 aliphatic rings. The minimum atomic E-state index is -1.08. The summed E-state index contributed by atoms with van der Waals surface area (Å²) in [7, 11) is 0. The topological polar surface area (TPSA) is 86.7 Å². The standard InChI is InChI=1S/C30H24Cl4N2O4/c31-23-8-6-19(12-25(23)33)10-21-16-36(17-22(29(21)39)11-20-7-9-24(32)26(34)13-20)30(40)27(35-15-28(37)38)14-18-4-2-1-3-5-18/h1-13,27,35H,14-17H2,(H,37,38)/b21-10+,22-11+. The lowest BCUT2D eigenvalue weighted by Crippen LogP contribution is -2.52. The van der Waals surface area contributed by atoms with Gasteiger partial charge in [-0.1, -0.05) is 88.9 Å². The second-order valence-electron chi connectivity index (χ2n) is 9.23. The first-order valence-corrected chi connectivity index (χ1v) is 13.8. The summed E-state index contributed by atoms with van der Waals surface area (Å²) in [6.45, 7) is -0.346. The van der Waals surface area contributed by atoms with Gasteiger partial charge in [-0.3, -0.25) is 19.7 Å². The lowest BCUT2D eigenvalue weighted by molar-refractivity contribution is -0.137. The zero-order valence-electron chi connectivity index (χ0n) is 21.0. The van der Waals surface area contributed by atoms with Crippen LogP contribution in [0.1, 0.15) is 16.7 Å². The zero-order chi connectivity index (χ0) is 28.8. The molecule has 10 heteroatoms. The van der Waals surface area contributed by atoms with Gasteiger partial charge in [-0.25, -0.2) is 0 Å². The molecule has 206 valence electrons. The van der Waals surface area contributed by atoms with Crippen LogP contribution in [0.5, 0.6) is 0 Å². The van der Waals surface area contributed by atoms with Gasteiger partial charge < -0.3 is 10.0 Å². The number of Topliss-reactive ketones (excluding diaryl/α,β-unsaturated/α-hetero) is 1. The normalized spacial score (nSPS) is 16.4. The molecule has 6 nitrogen and oxygen atoms in total. The summed E-state index contributed by atoms with van der Waals surface area (Å²) in [4.78, 5) is 40.3. The van der Waals surface area contributed by atoms with Crippen LogP contribution < -0.4 is 5.32 Å². The number of carboxylic acids is 1. The number of hydrogen-bond donors (Lipinski definition) is 2. The van der Waals surface area contributed by atoms with E-state index in [1.54, 1.807) is 48.6 Å². The zero-order valence-corrected chi connectivity index (χ0v) is 24.1. The number of nitrogens with zero attached hydrogens (tertiary/aromatic N) is 1. The Labute approximate surface area is 251 Å². The molecule has 0 aliphatic carbocycles. The summed E-state index contributed by atoms with van der Waals surface area (Å²) in [6.07, 6.45) is 3.61. The monoisotopic (exact) mass is 616 g/mol. The predicted octanol–water partition coefficient (Wildman–Crippen LogP) is 6.46. The molecule has 0 spiro atoms. The highest BCUT2D eigenvalue weighted by molar-refractivity contribution is 6.42. The minimum absolute atomic E-state index is 0.0245. The maximum Gasteiger partial charge on any atom is 0.317 e. The largest absolute Gasteiger partial charge is 0.480 e. The van der Waals surface area contributed by atoms with E-state index in [0.717, 1.165) is 5.56 Å². The van der Waals surface area contributed by atoms with Gasteiger partial charge in [0.05, 0.1) is 32.7 Å². The number of hydrogen-bond acceptors (Lipinski definition) is 4. The van der Waals surface area contributed by atoms with Crippen LogP contribution in [0.15, 0.2) is 77.9 Å². The molecule has 0 saturated carbocycles. The minimum Gasteiger partial charge on any atom is -0.480 e. The maximum absolute atomic E-state index is 13.8. The lowest BCUT2D eigenvalue weighted by Gasteiger charge is -2.33. The molecule has 1 atom stereocenters. The summed E-state index contributed by atoms with van der Waals surface area (Å²) in [5, 5.41) is 13.5. The van der Waals surface area contributed by atoms with Crippen LogP contribution in [0.3, 0.4) is 0 Å². The van der Waals surface area contributed by atoms with Crippen LogP contribution in [0.4, 0.5) is 0 Å². The molecule has 40 heavy (non-hydrogen) atoms. The smallest absolute Gasteiger partial charge is 0.317 e. The fourth-order valence-electron chi connectivity index (χ4n) is 4.33. The highest BCUT2D eigenvalue weighted by Crippen LogP contribution is 2.28. The summed E-state index contributed by atoms with van der Waals surface area (Å²) < 4.78 is 0. The number of piperidine rings is 1. The Hall–Kier alpha value is -3.13. The molecule has 0 radical (unpaired) electrons. The number of nitrogens with one attached hydrogen (secondary N) is 1. The van der Waals surface area contributed by atoms with Gasteiger partial charge in [0, 0.05) is 24.2 Å². The van der Waals surface area contributed by atoms with Gasteiger partial charge in [-0.05, 0) is 59.5 Å². The maximum atomic E-state index is 13.8. The van der Waals surface area contributed by atoms with Crippen molar-refractivity contribution in [3.8, 4) is 0 Å². The number of carbonyl (C=O) groups excluding carboxylic acids is 2. The van der Waals surface area contributed by atoms with Gasteiger partial charge in [0.1, 0.15) is 0 Å². The van der Waals surface area contributed by atoms with Crippen molar-refractivity contribution in [2.75, 3.05) is 19.6 Å². The fraction of sp³-hybridized carbons (Fsp3) is 0.167. The van der Waals surface area contributed by atoms with Crippen LogP contribution in [0, 0.1) is 0 Å². The van der Waals surface area contributed by atoms with E-state index >= 15 is 0 Å². The number of likely N-dealkylation sites (tertiary alicyclic amines) is 1.